The van der Waals surface area contributed by atoms with Crippen molar-refractivity contribution < 1.29 is 4.42 Å². The molecule has 0 N–H and O–H groups in total. The summed E-state index contributed by atoms with van der Waals surface area (Å²) in [6, 6.07) is 47.3. The number of hydrogen-bond donors (Lipinski definition) is 0. The molecule has 4 heterocycles. The van der Waals surface area contributed by atoms with Gasteiger partial charge in [-0.3, -0.25) is 0 Å². The van der Waals surface area contributed by atoms with Crippen molar-refractivity contribution >= 4 is 90.2 Å². The van der Waals surface area contributed by atoms with E-state index in [4.69, 9.17) is 4.42 Å². The second kappa shape index (κ2) is 17.6. The van der Waals surface area contributed by atoms with E-state index in [9.17, 15) is 0 Å². The lowest BCUT2D eigenvalue weighted by atomic mass is 9.35. The molecule has 0 saturated heterocycles. The third-order valence-corrected chi connectivity index (χ3v) is 22.1. The highest BCUT2D eigenvalue weighted by Gasteiger charge is 2.50. The summed E-state index contributed by atoms with van der Waals surface area (Å²) in [4.78, 5) is 5.41. The molecule has 14 rings (SSSR count). The highest BCUT2D eigenvalue weighted by Crippen LogP contribution is 2.56. The Morgan fingerprint density at radius 1 is 0.422 bits per heavy atom. The predicted molar refractivity (Wildman–Crippen MR) is 357 cm³/mol. The number of fused-ring (bicyclic) bond motifs is 12. The fraction of sp³-hybridized carbons (Fsp3) is 0.436. The van der Waals surface area contributed by atoms with Crippen LogP contribution in [0.3, 0.4) is 0 Å². The number of rotatable bonds is 5. The van der Waals surface area contributed by atoms with Crippen LogP contribution in [0.25, 0.3) is 38.5 Å². The number of hydrogen-bond acceptors (Lipinski definition) is 3. The summed E-state index contributed by atoms with van der Waals surface area (Å²) in [7, 11) is 0. The monoisotopic (exact) mass is 1100 g/mol. The van der Waals surface area contributed by atoms with Gasteiger partial charge in [-0.1, -0.05) is 168 Å². The number of furan rings is 1. The Hall–Kier alpha value is -6.46. The molecule has 9 aromatic rings. The molecule has 0 radical (unpaired) electrons. The third kappa shape index (κ3) is 8.03. The summed E-state index contributed by atoms with van der Waals surface area (Å²) in [6.07, 6.45) is 6.91. The van der Waals surface area contributed by atoms with Gasteiger partial charge in [-0.25, -0.2) is 0 Å². The van der Waals surface area contributed by atoms with E-state index in [1.54, 1.807) is 0 Å². The molecule has 0 saturated carbocycles. The Morgan fingerprint density at radius 2 is 0.867 bits per heavy atom. The molecule has 0 bridgehead atoms. The predicted octanol–water partition coefficient (Wildman–Crippen LogP) is 20.2. The lowest BCUT2D eigenvalue weighted by Gasteiger charge is -2.47. The maximum atomic E-state index is 7.72. The van der Waals surface area contributed by atoms with Crippen LogP contribution in [0.1, 0.15) is 232 Å². The van der Waals surface area contributed by atoms with Crippen LogP contribution in [0.5, 0.6) is 0 Å². The van der Waals surface area contributed by atoms with Gasteiger partial charge in [0.1, 0.15) is 5.58 Å². The van der Waals surface area contributed by atoms with E-state index in [0.717, 1.165) is 42.6 Å². The van der Waals surface area contributed by atoms with Gasteiger partial charge in [0.2, 0.25) is 0 Å². The average molecular weight is 1100 g/mol. The molecule has 0 atom stereocenters. The second-order valence-corrected chi connectivity index (χ2v) is 32.2. The number of aromatic nitrogens is 1. The van der Waals surface area contributed by atoms with Crippen LogP contribution in [0, 0.1) is 0 Å². The average Bonchev–Trinajstić information content (AvgIpc) is 1.87. The van der Waals surface area contributed by atoms with Gasteiger partial charge in [-0.2, -0.15) is 0 Å². The first-order chi connectivity index (χ1) is 38.9. The lowest BCUT2D eigenvalue weighted by Crippen LogP contribution is -2.61. The molecular weight excluding hydrogens is 1010 g/mol. The second-order valence-electron chi connectivity index (χ2n) is 32.2. The summed E-state index contributed by atoms with van der Waals surface area (Å²) >= 11 is 0. The molecule has 0 fully saturated rings. The van der Waals surface area contributed by atoms with Crippen LogP contribution in [0.4, 0.5) is 34.1 Å². The van der Waals surface area contributed by atoms with Gasteiger partial charge in [0.25, 0.3) is 6.71 Å². The molecule has 5 heteroatoms. The minimum atomic E-state index is -0.190. The van der Waals surface area contributed by atoms with Crippen LogP contribution in [-0.2, 0) is 37.9 Å². The number of anilines is 6. The molecule has 3 aliphatic carbocycles. The van der Waals surface area contributed by atoms with E-state index in [1.165, 1.54) is 135 Å². The molecule has 4 nitrogen and oxygen atoms in total. The van der Waals surface area contributed by atoms with E-state index < -0.39 is 0 Å². The molecule has 2 aliphatic heterocycles. The highest BCUT2D eigenvalue weighted by molar-refractivity contribution is 7.00. The summed E-state index contributed by atoms with van der Waals surface area (Å²) in [5.41, 5.74) is 28.4. The van der Waals surface area contributed by atoms with E-state index in [1.807, 2.05) is 0 Å². The van der Waals surface area contributed by atoms with Crippen molar-refractivity contribution in [3.63, 3.8) is 0 Å². The Bertz CT molecular complexity index is 4170. The Labute approximate surface area is 497 Å². The first kappa shape index (κ1) is 54.5. The van der Waals surface area contributed by atoms with Crippen LogP contribution >= 0.6 is 0 Å². The fourth-order valence-corrected chi connectivity index (χ4v) is 16.2. The maximum Gasteiger partial charge on any atom is 0.297 e. The maximum absolute atomic E-state index is 7.72. The molecule has 83 heavy (non-hydrogen) atoms. The van der Waals surface area contributed by atoms with Gasteiger partial charge in [-0.15, -0.1) is 0 Å². The van der Waals surface area contributed by atoms with Crippen molar-refractivity contribution in [2.45, 2.75) is 220 Å². The van der Waals surface area contributed by atoms with Gasteiger partial charge < -0.3 is 18.8 Å². The molecule has 7 aromatic carbocycles. The van der Waals surface area contributed by atoms with Gasteiger partial charge in [0, 0.05) is 44.6 Å². The van der Waals surface area contributed by atoms with Crippen LogP contribution in [0.2, 0.25) is 0 Å². The largest absolute Gasteiger partial charge is 0.468 e. The Balaban J connectivity index is 1.18. The number of nitrogens with zero attached hydrogens (tertiary/aromatic N) is 3. The topological polar surface area (TPSA) is 24.6 Å². The van der Waals surface area contributed by atoms with Crippen molar-refractivity contribution in [2.75, 3.05) is 9.80 Å². The van der Waals surface area contributed by atoms with Crippen molar-refractivity contribution in [1.29, 1.82) is 0 Å². The summed E-state index contributed by atoms with van der Waals surface area (Å²) in [6.45, 7) is 45.9. The van der Waals surface area contributed by atoms with E-state index in [-0.39, 0.29) is 44.6 Å². The van der Waals surface area contributed by atoms with E-state index in [2.05, 4.69) is 261 Å². The van der Waals surface area contributed by atoms with E-state index >= 15 is 0 Å². The van der Waals surface area contributed by atoms with Crippen LogP contribution in [0.15, 0.2) is 120 Å². The zero-order valence-electron chi connectivity index (χ0n) is 53.7. The molecule has 0 amide bonds. The van der Waals surface area contributed by atoms with E-state index in [0.29, 0.717) is 11.8 Å². The highest BCUT2D eigenvalue weighted by atomic mass is 16.3. The molecule has 0 spiro atoms. The van der Waals surface area contributed by atoms with Crippen molar-refractivity contribution in [2.24, 2.45) is 0 Å². The standard InChI is InChI=1S/C78H90BN3O/c1-45(2)47-20-27-63-53(36-47)54-37-48(46(3)4)21-28-64(54)81(63)52-41-66-69-67(42-52)82(51-24-26-57-59(40-51)76(14,15)33-31-74(57,10)11)70-55-38-49(72(5,6)7)22-29-68(55)83-71(70)79(69)62-43-60-61(78(18,19)35-34-77(60,16)17)44-65(62)80(66)50-23-25-56-58(39-50)75(12,13)32-30-73(56,8)9/h20-29,36-46H,30-35H2,1-19H3. The van der Waals surface area contributed by atoms with Gasteiger partial charge in [-0.05, 0) is 228 Å². The van der Waals surface area contributed by atoms with Crippen LogP contribution in [-0.4, -0.2) is 11.3 Å². The van der Waals surface area contributed by atoms with Gasteiger partial charge in [0.05, 0.1) is 28.1 Å². The van der Waals surface area contributed by atoms with Gasteiger partial charge in [0.15, 0.2) is 0 Å². The molecule has 2 aromatic heterocycles. The minimum Gasteiger partial charge on any atom is -0.468 e. The van der Waals surface area contributed by atoms with Crippen molar-refractivity contribution in [1.82, 2.24) is 4.57 Å². The lowest BCUT2D eigenvalue weighted by molar-refractivity contribution is 0.332. The molecule has 426 valence electrons. The van der Waals surface area contributed by atoms with Crippen molar-refractivity contribution in [3.8, 4) is 5.69 Å². The molecular formula is C78H90BN3O. The Morgan fingerprint density at radius 3 is 1.35 bits per heavy atom. The summed E-state index contributed by atoms with van der Waals surface area (Å²) < 4.78 is 10.3. The first-order valence-electron chi connectivity index (χ1n) is 31.8. The zero-order valence-corrected chi connectivity index (χ0v) is 53.7. The smallest absolute Gasteiger partial charge is 0.297 e. The Kier molecular flexibility index (Phi) is 11.5. The first-order valence-corrected chi connectivity index (χ1v) is 31.8. The minimum absolute atomic E-state index is 0.00197. The van der Waals surface area contributed by atoms with Crippen LogP contribution < -0.4 is 26.4 Å². The number of benzene rings is 7. The van der Waals surface area contributed by atoms with Crippen molar-refractivity contribution in [3.05, 3.63) is 165 Å². The quantitative estimate of drug-likeness (QED) is 0.161. The molecule has 5 aliphatic rings. The third-order valence-electron chi connectivity index (χ3n) is 22.1. The SMILES string of the molecule is CC(C)c1ccc2c(c1)c1cc(C(C)C)ccc1n2-c1cc2c3c(c1)N(c1ccc4c(c1)C(C)(C)CCC4(C)C)c1c(oc4ccc(C(C)(C)C)cc14)B3c1cc3c(cc1N2c1ccc2c(c1)C(C)(C)CCC2(C)C)C(C)(C)CCC3(C)C. The summed E-state index contributed by atoms with van der Waals surface area (Å²) in [5.74, 6) is 0.800. The summed E-state index contributed by atoms with van der Waals surface area (Å²) in [5, 5.41) is 3.79. The van der Waals surface area contributed by atoms with Gasteiger partial charge >= 0.3 is 0 Å². The fourth-order valence-electron chi connectivity index (χ4n) is 16.2. The zero-order chi connectivity index (χ0) is 58.8. The molecule has 0 unspecified atom stereocenters. The normalized spacial score (nSPS) is 19.5.